The van der Waals surface area contributed by atoms with E-state index in [0.29, 0.717) is 32.9 Å². The van der Waals surface area contributed by atoms with Crippen LogP contribution in [0.1, 0.15) is 0 Å². The molecule has 0 aliphatic carbocycles. The summed E-state index contributed by atoms with van der Waals surface area (Å²) in [5.74, 6) is 0. The summed E-state index contributed by atoms with van der Waals surface area (Å²) in [5, 5.41) is 18.8. The number of aliphatic hydroxyl groups excluding tert-OH is 2. The summed E-state index contributed by atoms with van der Waals surface area (Å²) in [6.45, 7) is 0. The van der Waals surface area contributed by atoms with E-state index in [1.54, 1.807) is 18.2 Å². The molecular formula is C12H8N4O2. The van der Waals surface area contributed by atoms with E-state index >= 15 is 0 Å². The molecule has 0 aromatic carbocycles. The molecule has 6 heteroatoms. The first-order chi connectivity index (χ1) is 8.80. The van der Waals surface area contributed by atoms with Gasteiger partial charge in [-0.15, -0.1) is 0 Å². The molecule has 6 nitrogen and oxygen atoms in total. The van der Waals surface area contributed by atoms with E-state index in [4.69, 9.17) is 10.2 Å². The first-order valence-electron chi connectivity index (χ1n) is 5.19. The number of fused-ring (bicyclic) bond motifs is 2. The number of rotatable bonds is 0. The molecule has 0 amide bonds. The van der Waals surface area contributed by atoms with Gasteiger partial charge < -0.3 is 10.2 Å². The smallest absolute Gasteiger partial charge is 0.181 e. The minimum atomic E-state index is 0.413. The van der Waals surface area contributed by atoms with Crippen LogP contribution in [0, 0.1) is 0 Å². The summed E-state index contributed by atoms with van der Waals surface area (Å²) >= 11 is 0. The van der Waals surface area contributed by atoms with Crippen molar-refractivity contribution in [3.05, 3.63) is 35.0 Å². The van der Waals surface area contributed by atoms with Crippen LogP contribution in [0.25, 0.3) is 34.9 Å². The van der Waals surface area contributed by atoms with E-state index < -0.39 is 0 Å². The minimum absolute atomic E-state index is 0.413. The van der Waals surface area contributed by atoms with Crippen molar-refractivity contribution in [3.8, 4) is 0 Å². The van der Waals surface area contributed by atoms with Crippen molar-refractivity contribution < 1.29 is 10.2 Å². The molecule has 0 bridgehead atoms. The van der Waals surface area contributed by atoms with Crippen molar-refractivity contribution in [2.45, 2.75) is 0 Å². The standard InChI is InChI=1S/C12H8N4O2/c17-5-7-3-10-11(13-4-7)16-12-9(15-10)2-1-8(6-18)14-12/h1-6,17-18H/b7-5+,8-6-. The average Bonchev–Trinajstić information content (AvgIpc) is 2.43. The maximum atomic E-state index is 8.92. The Kier molecular flexibility index (Phi) is 2.26. The topological polar surface area (TPSA) is 92.0 Å². The van der Waals surface area contributed by atoms with Crippen molar-refractivity contribution in [2.24, 2.45) is 0 Å². The Hall–Kier alpha value is -2.76. The molecule has 0 saturated carbocycles. The predicted molar refractivity (Wildman–Crippen MR) is 66.1 cm³/mol. The number of aromatic nitrogens is 4. The van der Waals surface area contributed by atoms with Gasteiger partial charge in [0.25, 0.3) is 0 Å². The molecule has 0 aliphatic rings. The lowest BCUT2D eigenvalue weighted by Gasteiger charge is -1.98. The molecule has 0 saturated heterocycles. The second kappa shape index (κ2) is 3.92. The highest BCUT2D eigenvalue weighted by atomic mass is 16.2. The molecule has 3 heterocycles. The molecule has 3 rings (SSSR count). The molecule has 3 aromatic rings. The van der Waals surface area contributed by atoms with Gasteiger partial charge >= 0.3 is 0 Å². The lowest BCUT2D eigenvalue weighted by Crippen LogP contribution is -2.08. The van der Waals surface area contributed by atoms with Crippen molar-refractivity contribution in [2.75, 3.05) is 0 Å². The van der Waals surface area contributed by atoms with Gasteiger partial charge in [0.1, 0.15) is 17.3 Å². The minimum Gasteiger partial charge on any atom is -0.515 e. The highest BCUT2D eigenvalue weighted by Crippen LogP contribution is 2.08. The van der Waals surface area contributed by atoms with Gasteiger partial charge in [0.05, 0.1) is 11.6 Å². The summed E-state index contributed by atoms with van der Waals surface area (Å²) in [4.78, 5) is 16.8. The van der Waals surface area contributed by atoms with Crippen LogP contribution in [0.5, 0.6) is 0 Å². The highest BCUT2D eigenvalue weighted by Gasteiger charge is 2.03. The van der Waals surface area contributed by atoms with Crippen LogP contribution in [0.15, 0.2) is 24.4 Å². The van der Waals surface area contributed by atoms with Crippen LogP contribution in [0.4, 0.5) is 0 Å². The Morgan fingerprint density at radius 3 is 2.56 bits per heavy atom. The van der Waals surface area contributed by atoms with Crippen LogP contribution < -0.4 is 10.6 Å². The quantitative estimate of drug-likeness (QED) is 0.544. The van der Waals surface area contributed by atoms with E-state index in [1.807, 2.05) is 0 Å². The molecule has 18 heavy (non-hydrogen) atoms. The molecule has 0 atom stereocenters. The number of hydrogen-bond donors (Lipinski definition) is 2. The first-order valence-corrected chi connectivity index (χ1v) is 5.19. The third kappa shape index (κ3) is 1.60. The van der Waals surface area contributed by atoms with E-state index in [0.717, 1.165) is 12.5 Å². The Bertz CT molecular complexity index is 787. The SMILES string of the molecule is O/C=c1/ccc2nc3c/c(=C\O)cnc3nc2n1. The second-order valence-electron chi connectivity index (χ2n) is 3.67. The third-order valence-corrected chi connectivity index (χ3v) is 2.48. The molecule has 2 N–H and O–H groups in total. The maximum absolute atomic E-state index is 8.92. The van der Waals surface area contributed by atoms with E-state index in [2.05, 4.69) is 19.9 Å². The van der Waals surface area contributed by atoms with Gasteiger partial charge in [-0.25, -0.2) is 19.9 Å². The van der Waals surface area contributed by atoms with Crippen molar-refractivity contribution in [1.82, 2.24) is 19.9 Å². The molecule has 0 unspecified atom stereocenters. The summed E-state index contributed by atoms with van der Waals surface area (Å²) < 4.78 is 0. The Labute approximate surface area is 101 Å². The van der Waals surface area contributed by atoms with Crippen LogP contribution >= 0.6 is 0 Å². The maximum Gasteiger partial charge on any atom is 0.181 e. The second-order valence-corrected chi connectivity index (χ2v) is 3.67. The molecule has 88 valence electrons. The largest absolute Gasteiger partial charge is 0.515 e. The molecule has 0 radical (unpaired) electrons. The van der Waals surface area contributed by atoms with Gasteiger partial charge in [-0.05, 0) is 18.2 Å². The Morgan fingerprint density at radius 1 is 0.889 bits per heavy atom. The van der Waals surface area contributed by atoms with Crippen LogP contribution in [0.2, 0.25) is 0 Å². The van der Waals surface area contributed by atoms with Crippen LogP contribution in [-0.4, -0.2) is 30.1 Å². The first kappa shape index (κ1) is 10.4. The average molecular weight is 240 g/mol. The summed E-state index contributed by atoms with van der Waals surface area (Å²) in [5.41, 5.74) is 2.03. The molecular weight excluding hydrogens is 232 g/mol. The third-order valence-electron chi connectivity index (χ3n) is 2.48. The fourth-order valence-electron chi connectivity index (χ4n) is 1.63. The van der Waals surface area contributed by atoms with Gasteiger partial charge in [-0.1, -0.05) is 0 Å². The molecule has 3 aromatic heterocycles. The van der Waals surface area contributed by atoms with Gasteiger partial charge in [0, 0.05) is 11.4 Å². The zero-order valence-corrected chi connectivity index (χ0v) is 9.15. The lowest BCUT2D eigenvalue weighted by molar-refractivity contribution is 0.538. The summed E-state index contributed by atoms with van der Waals surface area (Å²) in [6.07, 6.45) is 3.35. The van der Waals surface area contributed by atoms with E-state index in [-0.39, 0.29) is 0 Å². The van der Waals surface area contributed by atoms with Crippen molar-refractivity contribution in [3.63, 3.8) is 0 Å². The lowest BCUT2D eigenvalue weighted by atomic mass is 10.3. The fraction of sp³-hybridized carbons (Fsp3) is 0. The van der Waals surface area contributed by atoms with Crippen LogP contribution in [-0.2, 0) is 0 Å². The normalized spacial score (nSPS) is 13.6. The zero-order valence-electron chi connectivity index (χ0n) is 9.15. The van der Waals surface area contributed by atoms with Gasteiger partial charge in [0.2, 0.25) is 0 Å². The number of hydrogen-bond acceptors (Lipinski definition) is 6. The fourth-order valence-corrected chi connectivity index (χ4v) is 1.63. The highest BCUT2D eigenvalue weighted by molar-refractivity contribution is 5.81. The monoisotopic (exact) mass is 240 g/mol. The number of pyridine rings is 2. The van der Waals surface area contributed by atoms with Gasteiger partial charge in [-0.3, -0.25) is 0 Å². The van der Waals surface area contributed by atoms with Crippen molar-refractivity contribution >= 4 is 34.9 Å². The summed E-state index contributed by atoms with van der Waals surface area (Å²) in [7, 11) is 0. The molecule has 0 spiro atoms. The number of aliphatic hydroxyl groups is 2. The number of nitrogens with zero attached hydrogens (tertiary/aromatic N) is 4. The molecule has 0 aliphatic heterocycles. The Balaban J connectivity index is 2.42. The Morgan fingerprint density at radius 2 is 1.78 bits per heavy atom. The summed E-state index contributed by atoms with van der Waals surface area (Å²) in [6, 6.07) is 5.03. The van der Waals surface area contributed by atoms with E-state index in [1.165, 1.54) is 6.20 Å². The van der Waals surface area contributed by atoms with E-state index in [9.17, 15) is 0 Å². The van der Waals surface area contributed by atoms with Crippen molar-refractivity contribution in [1.29, 1.82) is 0 Å². The molecule has 0 fully saturated rings. The predicted octanol–water partition coefficient (Wildman–Crippen LogP) is 0.165. The van der Waals surface area contributed by atoms with Crippen LogP contribution in [0.3, 0.4) is 0 Å². The van der Waals surface area contributed by atoms with Gasteiger partial charge in [-0.2, -0.15) is 0 Å². The zero-order chi connectivity index (χ0) is 12.5. The van der Waals surface area contributed by atoms with Gasteiger partial charge in [0.15, 0.2) is 11.3 Å².